The van der Waals surface area contributed by atoms with Crippen LogP contribution in [0.25, 0.3) is 0 Å². The van der Waals surface area contributed by atoms with E-state index in [0.29, 0.717) is 0 Å². The van der Waals surface area contributed by atoms with Crippen molar-refractivity contribution in [3.05, 3.63) is 23.5 Å². The molecule has 2 rings (SSSR count). The van der Waals surface area contributed by atoms with Gasteiger partial charge in [0.2, 0.25) is 5.91 Å². The Hall–Kier alpha value is -1.05. The Morgan fingerprint density at radius 3 is 2.60 bits per heavy atom. The fourth-order valence-corrected chi connectivity index (χ4v) is 2.17. The van der Waals surface area contributed by atoms with Crippen LogP contribution >= 0.6 is 0 Å². The van der Waals surface area contributed by atoms with Crippen LogP contribution in [0, 0.1) is 5.41 Å². The largest absolute Gasteiger partial charge is 0.291 e. The van der Waals surface area contributed by atoms with E-state index < -0.39 is 0 Å². The predicted octanol–water partition coefficient (Wildman–Crippen LogP) is 3.05. The van der Waals surface area contributed by atoms with Crippen molar-refractivity contribution < 1.29 is 4.79 Å². The lowest BCUT2D eigenvalue weighted by Crippen LogP contribution is -2.28. The molecule has 0 spiro atoms. The normalized spacial score (nSPS) is 16.2. The van der Waals surface area contributed by atoms with Gasteiger partial charge in [-0.2, -0.15) is 0 Å². The maximum Gasteiger partial charge on any atom is 0.236 e. The van der Waals surface area contributed by atoms with E-state index in [1.807, 2.05) is 31.5 Å². The molecule has 0 atom stereocenters. The van der Waals surface area contributed by atoms with Crippen LogP contribution in [0.1, 0.15) is 49.7 Å². The molecule has 0 unspecified atom stereocenters. The Balaban J connectivity index is 2.37. The topological polar surface area (TPSA) is 22.0 Å². The summed E-state index contributed by atoms with van der Waals surface area (Å²) in [5, 5.41) is 0. The van der Waals surface area contributed by atoms with Gasteiger partial charge in [-0.25, -0.2) is 0 Å². The van der Waals surface area contributed by atoms with Crippen LogP contribution < -0.4 is 0 Å². The first-order valence-electron chi connectivity index (χ1n) is 5.74. The summed E-state index contributed by atoms with van der Waals surface area (Å²) in [6.07, 6.45) is 6.63. The second-order valence-corrected chi connectivity index (χ2v) is 5.42. The molecular formula is C13H19NO. The van der Waals surface area contributed by atoms with Gasteiger partial charge in [0.05, 0.1) is 0 Å². The lowest BCUT2D eigenvalue weighted by Gasteiger charge is -2.21. The van der Waals surface area contributed by atoms with Crippen molar-refractivity contribution in [3.63, 3.8) is 0 Å². The van der Waals surface area contributed by atoms with E-state index in [4.69, 9.17) is 0 Å². The molecule has 1 heterocycles. The summed E-state index contributed by atoms with van der Waals surface area (Å²) in [7, 11) is 0. The Labute approximate surface area is 91.3 Å². The minimum atomic E-state index is -0.287. The van der Waals surface area contributed by atoms with Crippen LogP contribution in [-0.2, 0) is 12.8 Å². The standard InChI is InChI=1S/C13H19NO/c1-13(2,3)12(15)14-9-8-10-6-4-5-7-11(10)14/h8-9H,4-7H2,1-3H3. The number of rotatable bonds is 0. The number of nitrogens with zero attached hydrogens (tertiary/aromatic N) is 1. The molecule has 0 saturated carbocycles. The van der Waals surface area contributed by atoms with Gasteiger partial charge in [0.15, 0.2) is 0 Å². The highest BCUT2D eigenvalue weighted by Crippen LogP contribution is 2.25. The molecule has 1 aliphatic rings. The van der Waals surface area contributed by atoms with Crippen molar-refractivity contribution in [1.82, 2.24) is 4.57 Å². The Morgan fingerprint density at radius 1 is 1.27 bits per heavy atom. The lowest BCUT2D eigenvalue weighted by atomic mass is 9.94. The summed E-state index contributed by atoms with van der Waals surface area (Å²) < 4.78 is 1.87. The third-order valence-corrected chi connectivity index (χ3v) is 3.06. The lowest BCUT2D eigenvalue weighted by molar-refractivity contribution is 0.0763. The number of carbonyl (C=O) groups excluding carboxylic acids is 1. The SMILES string of the molecule is CC(C)(C)C(=O)n1ccc2c1CCCC2. The quantitative estimate of drug-likeness (QED) is 0.638. The van der Waals surface area contributed by atoms with E-state index in [1.165, 1.54) is 24.1 Å². The van der Waals surface area contributed by atoms with Gasteiger partial charge >= 0.3 is 0 Å². The number of fused-ring (bicyclic) bond motifs is 1. The van der Waals surface area contributed by atoms with Gasteiger partial charge in [-0.3, -0.25) is 9.36 Å². The van der Waals surface area contributed by atoms with Crippen molar-refractivity contribution in [2.75, 3.05) is 0 Å². The van der Waals surface area contributed by atoms with Gasteiger partial charge in [0.25, 0.3) is 0 Å². The number of hydrogen-bond donors (Lipinski definition) is 0. The fourth-order valence-electron chi connectivity index (χ4n) is 2.17. The molecule has 0 radical (unpaired) electrons. The summed E-state index contributed by atoms with van der Waals surface area (Å²) >= 11 is 0. The van der Waals surface area contributed by atoms with Crippen molar-refractivity contribution in [2.45, 2.75) is 46.5 Å². The molecule has 0 bridgehead atoms. The van der Waals surface area contributed by atoms with Crippen molar-refractivity contribution >= 4 is 5.91 Å². The van der Waals surface area contributed by atoms with E-state index in [9.17, 15) is 4.79 Å². The van der Waals surface area contributed by atoms with Gasteiger partial charge in [-0.1, -0.05) is 20.8 Å². The summed E-state index contributed by atoms with van der Waals surface area (Å²) in [4.78, 5) is 12.2. The van der Waals surface area contributed by atoms with Crippen LogP contribution in [0.5, 0.6) is 0 Å². The number of aryl methyl sites for hydroxylation is 1. The van der Waals surface area contributed by atoms with Crippen LogP contribution in [0.4, 0.5) is 0 Å². The monoisotopic (exact) mass is 205 g/mol. The van der Waals surface area contributed by atoms with Gasteiger partial charge in [-0.15, -0.1) is 0 Å². The minimum absolute atomic E-state index is 0.214. The summed E-state index contributed by atoms with van der Waals surface area (Å²) in [5.74, 6) is 0.214. The smallest absolute Gasteiger partial charge is 0.236 e. The van der Waals surface area contributed by atoms with Gasteiger partial charge in [0, 0.05) is 17.3 Å². The van der Waals surface area contributed by atoms with E-state index in [-0.39, 0.29) is 11.3 Å². The molecule has 0 aliphatic heterocycles. The molecule has 1 aliphatic carbocycles. The van der Waals surface area contributed by atoms with Gasteiger partial charge < -0.3 is 0 Å². The minimum Gasteiger partial charge on any atom is -0.291 e. The molecule has 0 N–H and O–H groups in total. The fraction of sp³-hybridized carbons (Fsp3) is 0.615. The zero-order valence-corrected chi connectivity index (χ0v) is 9.84. The zero-order valence-electron chi connectivity index (χ0n) is 9.84. The number of hydrogen-bond acceptors (Lipinski definition) is 1. The van der Waals surface area contributed by atoms with Crippen molar-refractivity contribution in [2.24, 2.45) is 5.41 Å². The first kappa shape index (κ1) is 10.5. The molecular weight excluding hydrogens is 186 g/mol. The summed E-state index contributed by atoms with van der Waals surface area (Å²) in [6.45, 7) is 5.93. The highest BCUT2D eigenvalue weighted by atomic mass is 16.2. The van der Waals surface area contributed by atoms with E-state index in [0.717, 1.165) is 12.8 Å². The first-order chi connectivity index (χ1) is 7.00. The molecule has 0 aromatic carbocycles. The molecule has 1 aromatic rings. The maximum atomic E-state index is 12.2. The Bertz CT molecular complexity index is 382. The molecule has 2 heteroatoms. The molecule has 0 amide bonds. The third-order valence-electron chi connectivity index (χ3n) is 3.06. The second-order valence-electron chi connectivity index (χ2n) is 5.42. The average molecular weight is 205 g/mol. The van der Waals surface area contributed by atoms with Crippen LogP contribution in [0.3, 0.4) is 0 Å². The predicted molar refractivity (Wildman–Crippen MR) is 61.2 cm³/mol. The molecule has 82 valence electrons. The number of carbonyl (C=O) groups is 1. The maximum absolute atomic E-state index is 12.2. The van der Waals surface area contributed by atoms with Crippen LogP contribution in [-0.4, -0.2) is 10.5 Å². The van der Waals surface area contributed by atoms with E-state index in [2.05, 4.69) is 6.07 Å². The van der Waals surface area contributed by atoms with E-state index >= 15 is 0 Å². The highest BCUT2D eigenvalue weighted by molar-refractivity contribution is 5.85. The Morgan fingerprint density at radius 2 is 1.93 bits per heavy atom. The zero-order chi connectivity index (χ0) is 11.1. The molecule has 0 saturated heterocycles. The van der Waals surface area contributed by atoms with E-state index in [1.54, 1.807) is 0 Å². The Kier molecular flexibility index (Phi) is 2.45. The molecule has 0 fully saturated rings. The van der Waals surface area contributed by atoms with Crippen LogP contribution in [0.2, 0.25) is 0 Å². The first-order valence-corrected chi connectivity index (χ1v) is 5.74. The number of aromatic nitrogens is 1. The van der Waals surface area contributed by atoms with Crippen molar-refractivity contribution in [3.8, 4) is 0 Å². The second kappa shape index (κ2) is 3.51. The average Bonchev–Trinajstić information content (AvgIpc) is 2.58. The third kappa shape index (κ3) is 1.85. The highest BCUT2D eigenvalue weighted by Gasteiger charge is 2.26. The van der Waals surface area contributed by atoms with Gasteiger partial charge in [0.1, 0.15) is 0 Å². The molecule has 15 heavy (non-hydrogen) atoms. The van der Waals surface area contributed by atoms with Crippen molar-refractivity contribution in [1.29, 1.82) is 0 Å². The summed E-state index contributed by atoms with van der Waals surface area (Å²) in [6, 6.07) is 2.11. The van der Waals surface area contributed by atoms with Gasteiger partial charge in [-0.05, 0) is 37.3 Å². The molecule has 1 aromatic heterocycles. The summed E-state index contributed by atoms with van der Waals surface area (Å²) in [5.41, 5.74) is 2.34. The molecule has 2 nitrogen and oxygen atoms in total. The van der Waals surface area contributed by atoms with Crippen LogP contribution in [0.15, 0.2) is 12.3 Å².